The van der Waals surface area contributed by atoms with Crippen molar-refractivity contribution in [2.24, 2.45) is 0 Å². The van der Waals surface area contributed by atoms with E-state index >= 15 is 0 Å². The molecule has 1 saturated heterocycles. The van der Waals surface area contributed by atoms with Crippen LogP contribution in [0.25, 0.3) is 0 Å². The van der Waals surface area contributed by atoms with Crippen molar-refractivity contribution in [3.8, 4) is 0 Å². The molecule has 1 N–H and O–H groups in total. The minimum Gasteiger partial charge on any atom is -0.307 e. The molecule has 2 nitrogen and oxygen atoms in total. The Morgan fingerprint density at radius 3 is 2.05 bits per heavy atom. The Balaban J connectivity index is 2.22. The standard InChI is InChI=1S/C18H30N2/c1-17(2,3)19-16-13-20(18(4,5)6)12-15(16)14-10-8-7-9-11-14/h7-11,15-16,19H,12-13H2,1-6H3. The van der Waals surface area contributed by atoms with Crippen molar-refractivity contribution in [1.29, 1.82) is 0 Å². The number of nitrogens with one attached hydrogen (secondary N) is 1. The zero-order chi connectivity index (χ0) is 15.0. The molecule has 0 spiro atoms. The van der Waals surface area contributed by atoms with Gasteiger partial charge in [0.1, 0.15) is 0 Å². The molecule has 2 heteroatoms. The third-order valence-corrected chi connectivity index (χ3v) is 4.11. The average molecular weight is 274 g/mol. The van der Waals surface area contributed by atoms with Crippen LogP contribution < -0.4 is 5.32 Å². The minimum atomic E-state index is 0.158. The number of nitrogens with zero attached hydrogens (tertiary/aromatic N) is 1. The summed E-state index contributed by atoms with van der Waals surface area (Å²) >= 11 is 0. The zero-order valence-electron chi connectivity index (χ0n) is 13.9. The molecule has 1 heterocycles. The van der Waals surface area contributed by atoms with E-state index in [0.717, 1.165) is 13.1 Å². The molecule has 2 atom stereocenters. The summed E-state index contributed by atoms with van der Waals surface area (Å²) in [6.07, 6.45) is 0. The fourth-order valence-corrected chi connectivity index (χ4v) is 3.09. The van der Waals surface area contributed by atoms with Gasteiger partial charge in [0, 0.05) is 36.1 Å². The van der Waals surface area contributed by atoms with E-state index in [0.29, 0.717) is 12.0 Å². The van der Waals surface area contributed by atoms with E-state index in [4.69, 9.17) is 0 Å². The lowest BCUT2D eigenvalue weighted by Gasteiger charge is -2.32. The molecule has 112 valence electrons. The van der Waals surface area contributed by atoms with Crippen LogP contribution in [0.4, 0.5) is 0 Å². The second kappa shape index (κ2) is 5.50. The summed E-state index contributed by atoms with van der Waals surface area (Å²) in [6, 6.07) is 11.5. The minimum absolute atomic E-state index is 0.158. The highest BCUT2D eigenvalue weighted by Gasteiger charge is 2.39. The van der Waals surface area contributed by atoms with Gasteiger partial charge in [-0.15, -0.1) is 0 Å². The molecule has 1 aliphatic rings. The molecule has 0 radical (unpaired) electrons. The molecule has 1 aromatic carbocycles. The normalized spacial score (nSPS) is 25.1. The Bertz CT molecular complexity index is 425. The van der Waals surface area contributed by atoms with E-state index in [-0.39, 0.29) is 11.1 Å². The SMILES string of the molecule is CC(C)(C)NC1CN(C(C)(C)C)CC1c1ccccc1. The molecule has 1 fully saturated rings. The van der Waals surface area contributed by atoms with Crippen molar-refractivity contribution in [1.82, 2.24) is 10.2 Å². The van der Waals surface area contributed by atoms with Gasteiger partial charge in [-0.25, -0.2) is 0 Å². The van der Waals surface area contributed by atoms with Gasteiger partial charge in [0.05, 0.1) is 0 Å². The predicted octanol–water partition coefficient (Wildman–Crippen LogP) is 3.64. The average Bonchev–Trinajstić information content (AvgIpc) is 2.71. The van der Waals surface area contributed by atoms with Gasteiger partial charge in [0.15, 0.2) is 0 Å². The van der Waals surface area contributed by atoms with Crippen molar-refractivity contribution >= 4 is 0 Å². The highest BCUT2D eigenvalue weighted by atomic mass is 15.2. The van der Waals surface area contributed by atoms with Crippen LogP contribution in [-0.2, 0) is 0 Å². The van der Waals surface area contributed by atoms with E-state index in [2.05, 4.69) is 82.1 Å². The first kappa shape index (κ1) is 15.5. The predicted molar refractivity (Wildman–Crippen MR) is 87.2 cm³/mol. The van der Waals surface area contributed by atoms with Crippen LogP contribution in [0.3, 0.4) is 0 Å². The van der Waals surface area contributed by atoms with Gasteiger partial charge in [0.2, 0.25) is 0 Å². The van der Waals surface area contributed by atoms with Crippen molar-refractivity contribution in [2.75, 3.05) is 13.1 Å². The van der Waals surface area contributed by atoms with Gasteiger partial charge in [0.25, 0.3) is 0 Å². The molecular weight excluding hydrogens is 244 g/mol. The van der Waals surface area contributed by atoms with Gasteiger partial charge in [-0.1, -0.05) is 30.3 Å². The second-order valence-corrected chi connectivity index (χ2v) is 8.09. The third kappa shape index (κ3) is 3.83. The van der Waals surface area contributed by atoms with Crippen LogP contribution >= 0.6 is 0 Å². The number of rotatable bonds is 2. The molecule has 1 aromatic rings. The van der Waals surface area contributed by atoms with Gasteiger partial charge in [-0.2, -0.15) is 0 Å². The second-order valence-electron chi connectivity index (χ2n) is 8.09. The molecule has 0 bridgehead atoms. The Morgan fingerprint density at radius 1 is 0.950 bits per heavy atom. The van der Waals surface area contributed by atoms with Gasteiger partial charge in [-0.05, 0) is 47.1 Å². The van der Waals surface area contributed by atoms with Crippen LogP contribution in [0, 0.1) is 0 Å². The van der Waals surface area contributed by atoms with Crippen LogP contribution in [0.1, 0.15) is 53.0 Å². The summed E-state index contributed by atoms with van der Waals surface area (Å²) in [5, 5.41) is 3.83. The zero-order valence-corrected chi connectivity index (χ0v) is 13.9. The summed E-state index contributed by atoms with van der Waals surface area (Å²) in [5.74, 6) is 0.578. The van der Waals surface area contributed by atoms with E-state index in [1.165, 1.54) is 5.56 Å². The van der Waals surface area contributed by atoms with E-state index in [9.17, 15) is 0 Å². The maximum atomic E-state index is 3.83. The maximum Gasteiger partial charge on any atom is 0.0280 e. The third-order valence-electron chi connectivity index (χ3n) is 4.11. The van der Waals surface area contributed by atoms with E-state index in [1.54, 1.807) is 0 Å². The van der Waals surface area contributed by atoms with Crippen molar-refractivity contribution in [3.05, 3.63) is 35.9 Å². The molecule has 20 heavy (non-hydrogen) atoms. The van der Waals surface area contributed by atoms with Crippen molar-refractivity contribution in [2.45, 2.75) is 64.6 Å². The lowest BCUT2D eigenvalue weighted by atomic mass is 9.92. The highest BCUT2D eigenvalue weighted by molar-refractivity contribution is 5.24. The smallest absolute Gasteiger partial charge is 0.0280 e. The lowest BCUT2D eigenvalue weighted by molar-refractivity contribution is 0.167. The molecule has 0 amide bonds. The van der Waals surface area contributed by atoms with Gasteiger partial charge in [-0.3, -0.25) is 4.90 Å². The topological polar surface area (TPSA) is 15.3 Å². The molecule has 2 unspecified atom stereocenters. The largest absolute Gasteiger partial charge is 0.307 e. The van der Waals surface area contributed by atoms with Gasteiger partial charge >= 0.3 is 0 Å². The molecular formula is C18H30N2. The molecule has 1 aliphatic heterocycles. The first-order valence-corrected chi connectivity index (χ1v) is 7.74. The lowest BCUT2D eigenvalue weighted by Crippen LogP contribution is -2.48. The first-order chi connectivity index (χ1) is 9.17. The summed E-state index contributed by atoms with van der Waals surface area (Å²) in [6.45, 7) is 16.0. The number of hydrogen-bond acceptors (Lipinski definition) is 2. The Labute approximate surface area is 124 Å². The number of hydrogen-bond donors (Lipinski definition) is 1. The first-order valence-electron chi connectivity index (χ1n) is 7.74. The maximum absolute atomic E-state index is 3.83. The Hall–Kier alpha value is -0.860. The fraction of sp³-hybridized carbons (Fsp3) is 0.667. The fourth-order valence-electron chi connectivity index (χ4n) is 3.09. The van der Waals surface area contributed by atoms with E-state index in [1.807, 2.05) is 0 Å². The summed E-state index contributed by atoms with van der Waals surface area (Å²) < 4.78 is 0. The molecule has 0 aliphatic carbocycles. The van der Waals surface area contributed by atoms with Crippen LogP contribution in [0.15, 0.2) is 30.3 Å². The molecule has 0 saturated carbocycles. The summed E-state index contributed by atoms with van der Waals surface area (Å²) in [4.78, 5) is 2.61. The number of benzene rings is 1. The van der Waals surface area contributed by atoms with Gasteiger partial charge < -0.3 is 5.32 Å². The van der Waals surface area contributed by atoms with Crippen LogP contribution in [0.5, 0.6) is 0 Å². The monoisotopic (exact) mass is 274 g/mol. The quantitative estimate of drug-likeness (QED) is 0.885. The number of likely N-dealkylation sites (tertiary alicyclic amines) is 1. The Kier molecular flexibility index (Phi) is 4.27. The molecule has 0 aromatic heterocycles. The Morgan fingerprint density at radius 2 is 1.55 bits per heavy atom. The van der Waals surface area contributed by atoms with Crippen molar-refractivity contribution in [3.63, 3.8) is 0 Å². The summed E-state index contributed by atoms with van der Waals surface area (Å²) in [5.41, 5.74) is 1.86. The summed E-state index contributed by atoms with van der Waals surface area (Å²) in [7, 11) is 0. The van der Waals surface area contributed by atoms with Crippen LogP contribution in [0.2, 0.25) is 0 Å². The highest BCUT2D eigenvalue weighted by Crippen LogP contribution is 2.32. The molecule has 2 rings (SSSR count). The van der Waals surface area contributed by atoms with Crippen LogP contribution in [-0.4, -0.2) is 35.1 Å². The van der Waals surface area contributed by atoms with E-state index < -0.39 is 0 Å². The van der Waals surface area contributed by atoms with Crippen molar-refractivity contribution < 1.29 is 0 Å².